The highest BCUT2D eigenvalue weighted by Crippen LogP contribution is 2.65. The van der Waals surface area contributed by atoms with Gasteiger partial charge in [0, 0.05) is 29.8 Å². The summed E-state index contributed by atoms with van der Waals surface area (Å²) in [4.78, 5) is 46.1. The number of allylic oxidation sites excluding steroid dienone is 2. The topological polar surface area (TPSA) is 138 Å². The quantitative estimate of drug-likeness (QED) is 0.217. The number of Topliss-reactive ketones (excluding diaryl/α,β-unsaturated/α-hetero) is 2. The number of fused-ring (bicyclic) bond motifs is 3. The van der Waals surface area contributed by atoms with E-state index in [1.165, 1.54) is 0 Å². The first-order valence-corrected chi connectivity index (χ1v) is 15.5. The molecule has 4 unspecified atom stereocenters. The number of pyridine rings is 1. The number of nitrogens with one attached hydrogen (secondary N) is 2. The molecule has 0 aliphatic heterocycles. The highest BCUT2D eigenvalue weighted by Gasteiger charge is 2.60. The lowest BCUT2D eigenvalue weighted by Gasteiger charge is -2.58. The van der Waals surface area contributed by atoms with Crippen molar-refractivity contribution in [2.75, 3.05) is 39.0 Å². The molecule has 1 heterocycles. The molecule has 0 bridgehead atoms. The summed E-state index contributed by atoms with van der Waals surface area (Å²) in [6, 6.07) is 0. The van der Waals surface area contributed by atoms with Crippen LogP contribution < -0.4 is 16.4 Å². The van der Waals surface area contributed by atoms with Crippen LogP contribution in [0.25, 0.3) is 0 Å². The van der Waals surface area contributed by atoms with Gasteiger partial charge in [-0.15, -0.1) is 0 Å². The number of hydrogen-bond donors (Lipinski definition) is 4. The van der Waals surface area contributed by atoms with Crippen LogP contribution >= 0.6 is 11.6 Å². The van der Waals surface area contributed by atoms with Crippen molar-refractivity contribution in [3.05, 3.63) is 27.4 Å². The lowest BCUT2D eigenvalue weighted by molar-refractivity contribution is -0.140. The predicted molar refractivity (Wildman–Crippen MR) is 166 cm³/mol. The van der Waals surface area contributed by atoms with Crippen LogP contribution in [0, 0.1) is 28.6 Å². The summed E-state index contributed by atoms with van der Waals surface area (Å²) in [6.07, 6.45) is 3.20. The van der Waals surface area contributed by atoms with Crippen LogP contribution in [0.15, 0.2) is 11.1 Å². The van der Waals surface area contributed by atoms with Crippen molar-refractivity contribution in [2.24, 2.45) is 34.3 Å². The number of carbonyl (C=O) groups excluding carboxylic acids is 3. The second-order valence-corrected chi connectivity index (χ2v) is 15.0. The van der Waals surface area contributed by atoms with Crippen molar-refractivity contribution in [1.82, 2.24) is 15.2 Å². The molecule has 0 saturated heterocycles. The Hall–Kier alpha value is -2.49. The molecule has 0 aromatic carbocycles. The van der Waals surface area contributed by atoms with Gasteiger partial charge in [0.2, 0.25) is 5.91 Å². The van der Waals surface area contributed by atoms with Gasteiger partial charge in [-0.25, -0.2) is 4.98 Å². The summed E-state index contributed by atoms with van der Waals surface area (Å²) in [5.74, 6) is -2.14. The number of amides is 1. The number of primary amides is 1. The van der Waals surface area contributed by atoms with E-state index in [0.717, 1.165) is 25.0 Å². The van der Waals surface area contributed by atoms with Crippen molar-refractivity contribution < 1.29 is 19.5 Å². The fraction of sp³-hybridized carbons (Fsp3) is 0.688. The van der Waals surface area contributed by atoms with Gasteiger partial charge < -0.3 is 26.4 Å². The van der Waals surface area contributed by atoms with Gasteiger partial charge in [-0.05, 0) is 89.6 Å². The summed E-state index contributed by atoms with van der Waals surface area (Å²) in [5, 5.41) is 18.4. The summed E-state index contributed by atoms with van der Waals surface area (Å²) in [7, 11) is 3.59. The van der Waals surface area contributed by atoms with E-state index in [9.17, 15) is 19.5 Å². The van der Waals surface area contributed by atoms with Gasteiger partial charge in [0.15, 0.2) is 23.1 Å². The Bertz CT molecular complexity index is 1310. The second-order valence-electron chi connectivity index (χ2n) is 14.6. The molecule has 3 aliphatic rings. The Kier molecular flexibility index (Phi) is 8.91. The van der Waals surface area contributed by atoms with E-state index in [4.69, 9.17) is 17.3 Å². The third-order valence-corrected chi connectivity index (χ3v) is 9.85. The van der Waals surface area contributed by atoms with Gasteiger partial charge in [-0.3, -0.25) is 14.4 Å². The van der Waals surface area contributed by atoms with E-state index < -0.39 is 17.2 Å². The van der Waals surface area contributed by atoms with Crippen LogP contribution in [0.1, 0.15) is 83.1 Å². The molecule has 4 atom stereocenters. The van der Waals surface area contributed by atoms with Gasteiger partial charge in [-0.2, -0.15) is 0 Å². The van der Waals surface area contributed by atoms with E-state index >= 15 is 0 Å². The van der Waals surface area contributed by atoms with Gasteiger partial charge in [0.1, 0.15) is 11.1 Å². The predicted octanol–water partition coefficient (Wildman–Crippen LogP) is 4.36. The summed E-state index contributed by atoms with van der Waals surface area (Å²) < 4.78 is 0. The number of aromatic hydroxyl groups is 1. The third-order valence-electron chi connectivity index (χ3n) is 9.54. The summed E-state index contributed by atoms with van der Waals surface area (Å²) >= 11 is 6.66. The zero-order chi connectivity index (χ0) is 31.4. The van der Waals surface area contributed by atoms with Crippen molar-refractivity contribution in [3.8, 4) is 5.75 Å². The number of ketones is 2. The molecule has 1 aromatic heterocycles. The number of aromatic nitrogens is 1. The molecule has 1 saturated carbocycles. The Morgan fingerprint density at radius 1 is 1.19 bits per heavy atom. The number of halogens is 1. The third kappa shape index (κ3) is 5.97. The fourth-order valence-electron chi connectivity index (χ4n) is 7.26. The van der Waals surface area contributed by atoms with Crippen LogP contribution in [-0.4, -0.2) is 71.7 Å². The fourth-order valence-corrected chi connectivity index (χ4v) is 7.52. The molecule has 5 N–H and O–H groups in total. The van der Waals surface area contributed by atoms with Crippen LogP contribution in [0.4, 0.5) is 5.82 Å². The lowest BCUT2D eigenvalue weighted by Crippen LogP contribution is -2.56. The van der Waals surface area contributed by atoms with E-state index in [1.807, 2.05) is 0 Å². The number of nitrogens with zero attached hydrogens (tertiary/aromatic N) is 2. The maximum Gasteiger partial charge on any atom is 0.228 e. The molecule has 1 aromatic rings. The van der Waals surface area contributed by atoms with E-state index in [0.29, 0.717) is 36.9 Å². The van der Waals surface area contributed by atoms with Gasteiger partial charge in [0.05, 0.1) is 12.1 Å². The highest BCUT2D eigenvalue weighted by molar-refractivity contribution is 6.31. The largest absolute Gasteiger partial charge is 0.504 e. The number of anilines is 1. The van der Waals surface area contributed by atoms with E-state index in [-0.39, 0.29) is 63.2 Å². The second kappa shape index (κ2) is 11.5. The first kappa shape index (κ1) is 32.4. The minimum absolute atomic E-state index is 0.0318. The molecule has 9 nitrogen and oxygen atoms in total. The zero-order valence-corrected chi connectivity index (χ0v) is 27.2. The molecular formula is C32H48ClN5O4. The molecule has 4 rings (SSSR count). The molecule has 0 radical (unpaired) electrons. The lowest BCUT2D eigenvalue weighted by atomic mass is 9.44. The normalized spacial score (nSPS) is 24.5. The summed E-state index contributed by atoms with van der Waals surface area (Å²) in [6.45, 7) is 14.0. The molecule has 10 heteroatoms. The summed E-state index contributed by atoms with van der Waals surface area (Å²) in [5.41, 5.74) is 7.71. The standard InChI is InChI=1S/C32H48ClN5O4/c1-9-32-11-10-17-12-18-23(26(41)29(37-27(18)33)35-15-31(5,6)16-36-30(2,3)4)25(40)22(17)19(32)13-20(32)24(28(34)42)21(39)14-38(7)8/h17,20,24,36,41H,9-16H2,1-8H3,(H2,34,42)(H,35,37). The minimum Gasteiger partial charge on any atom is -0.504 e. The molecule has 0 spiro atoms. The van der Waals surface area contributed by atoms with E-state index in [2.05, 4.69) is 57.2 Å². The number of nitrogens with two attached hydrogens (primary N) is 1. The minimum atomic E-state index is -0.891. The molecule has 232 valence electrons. The Morgan fingerprint density at radius 3 is 2.43 bits per heavy atom. The number of carbonyl (C=O) groups is 3. The average Bonchev–Trinajstić information content (AvgIpc) is 2.86. The number of hydrogen-bond acceptors (Lipinski definition) is 8. The van der Waals surface area contributed by atoms with Crippen LogP contribution in [0.5, 0.6) is 5.75 Å². The van der Waals surface area contributed by atoms with Crippen molar-refractivity contribution in [2.45, 2.75) is 79.2 Å². The van der Waals surface area contributed by atoms with Crippen molar-refractivity contribution in [1.29, 1.82) is 0 Å². The van der Waals surface area contributed by atoms with Crippen molar-refractivity contribution in [3.63, 3.8) is 0 Å². The maximum absolute atomic E-state index is 14.2. The molecular weight excluding hydrogens is 554 g/mol. The Balaban J connectivity index is 1.67. The molecule has 3 aliphatic carbocycles. The van der Waals surface area contributed by atoms with Crippen LogP contribution in [0.2, 0.25) is 5.15 Å². The monoisotopic (exact) mass is 601 g/mol. The Morgan fingerprint density at radius 2 is 1.86 bits per heavy atom. The SMILES string of the molecule is CCC12CCC3Cc4c(Cl)nc(NCC(C)(C)CNC(C)(C)C)c(O)c4C(=O)C3=C1CC2C(C(N)=O)C(=O)CN(C)C. The number of likely N-dealkylation sites (N-methyl/N-ethyl adjacent to an activating group) is 1. The molecule has 1 amide bonds. The number of rotatable bonds is 11. The highest BCUT2D eigenvalue weighted by atomic mass is 35.5. The maximum atomic E-state index is 14.2. The smallest absolute Gasteiger partial charge is 0.228 e. The van der Waals surface area contributed by atoms with E-state index in [1.54, 1.807) is 19.0 Å². The first-order valence-electron chi connectivity index (χ1n) is 15.1. The zero-order valence-electron chi connectivity index (χ0n) is 26.4. The molecule has 42 heavy (non-hydrogen) atoms. The first-order chi connectivity index (χ1) is 19.4. The van der Waals surface area contributed by atoms with Gasteiger partial charge in [-0.1, -0.05) is 37.9 Å². The average molecular weight is 602 g/mol. The van der Waals surface area contributed by atoms with Crippen LogP contribution in [-0.2, 0) is 16.0 Å². The van der Waals surface area contributed by atoms with Gasteiger partial charge >= 0.3 is 0 Å². The van der Waals surface area contributed by atoms with Crippen LogP contribution in [0.3, 0.4) is 0 Å². The van der Waals surface area contributed by atoms with Gasteiger partial charge in [0.25, 0.3) is 0 Å². The Labute approximate surface area is 255 Å². The van der Waals surface area contributed by atoms with Crippen molar-refractivity contribution >= 4 is 34.9 Å². The molecule has 1 fully saturated rings.